The number of ketones is 3. The number of likely N-dealkylation sites (tertiary alicyclic amines) is 1. The van der Waals surface area contributed by atoms with Crippen LogP contribution in [0.25, 0.3) is 5.76 Å². The first kappa shape index (κ1) is 26.4. The molecule has 4 aliphatic rings. The fraction of sp³-hybridized carbons (Fsp3) is 0.552. The van der Waals surface area contributed by atoms with Gasteiger partial charge in [-0.2, -0.15) is 0 Å². The number of aromatic hydroxyl groups is 1. The number of phenolic OH excluding ortho intramolecular Hbond substituents is 1. The molecular formula is C29H36N2O7. The molecule has 1 saturated carbocycles. The Morgan fingerprint density at radius 1 is 1.11 bits per heavy atom. The van der Waals surface area contributed by atoms with E-state index in [1.807, 2.05) is 25.1 Å². The number of allylic oxidation sites excluding steroid dienone is 1. The lowest BCUT2D eigenvalue weighted by Gasteiger charge is -2.46. The Morgan fingerprint density at radius 3 is 2.42 bits per heavy atom. The molecule has 0 radical (unpaired) electrons. The van der Waals surface area contributed by atoms with Gasteiger partial charge in [0.15, 0.2) is 17.2 Å². The molecule has 0 amide bonds. The molecule has 1 heterocycles. The Hall–Kier alpha value is -3.17. The smallest absolute Gasteiger partial charge is 0.202 e. The zero-order chi connectivity index (χ0) is 27.5. The number of aliphatic hydroxyl groups excluding tert-OH is 2. The summed E-state index contributed by atoms with van der Waals surface area (Å²) in [6.07, 6.45) is 3.51. The van der Waals surface area contributed by atoms with Crippen LogP contribution in [0.5, 0.6) is 5.75 Å². The molecule has 3 aliphatic carbocycles. The fourth-order valence-electron chi connectivity index (χ4n) is 6.81. The molecular weight excluding hydrogens is 488 g/mol. The van der Waals surface area contributed by atoms with Gasteiger partial charge in [-0.25, -0.2) is 0 Å². The van der Waals surface area contributed by atoms with Crippen molar-refractivity contribution in [3.05, 3.63) is 39.7 Å². The van der Waals surface area contributed by atoms with E-state index in [9.17, 15) is 34.8 Å². The number of aliphatic hydroxyl groups is 3. The first-order valence-corrected chi connectivity index (χ1v) is 13.5. The van der Waals surface area contributed by atoms with Crippen LogP contribution >= 0.6 is 0 Å². The van der Waals surface area contributed by atoms with Crippen LogP contribution in [0.1, 0.15) is 62.1 Å². The monoisotopic (exact) mass is 524 g/mol. The summed E-state index contributed by atoms with van der Waals surface area (Å²) in [6.45, 7) is 3.86. The van der Waals surface area contributed by atoms with Crippen LogP contribution < -0.4 is 4.90 Å². The second kappa shape index (κ2) is 9.54. The second-order valence-electron chi connectivity index (χ2n) is 11.3. The molecule has 2 fully saturated rings. The molecule has 0 spiro atoms. The summed E-state index contributed by atoms with van der Waals surface area (Å²) in [4.78, 5) is 43.2. The summed E-state index contributed by atoms with van der Waals surface area (Å²) in [5.41, 5.74) is -0.750. The first-order valence-electron chi connectivity index (χ1n) is 13.5. The van der Waals surface area contributed by atoms with Crippen molar-refractivity contribution in [1.82, 2.24) is 4.90 Å². The topological polar surface area (TPSA) is 139 Å². The highest BCUT2D eigenvalue weighted by atomic mass is 16.3. The highest BCUT2D eigenvalue weighted by Gasteiger charge is 2.60. The highest BCUT2D eigenvalue weighted by molar-refractivity contribution is 6.23. The number of benzene rings is 1. The standard InChI is InChI=1S/C29H36N2O7/c1-4-20(32)24-21(33)13-17-10-15-11-18-19(30(2)3)12-16(14-31-8-6-5-7-9-31)25(34)23(18)26(35)22(15)27(36)29(17,38)28(24)37/h12,15,17,34-35,37-38H,4-11,13-14H2,1-3H3/t15?,17?,29-/m0/s1. The number of Topliss-reactive ketones (excluding diaryl/α,β-unsaturated/α-hetero) is 3. The van der Waals surface area contributed by atoms with Crippen molar-refractivity contribution in [1.29, 1.82) is 0 Å². The van der Waals surface area contributed by atoms with E-state index in [2.05, 4.69) is 4.90 Å². The first-order chi connectivity index (χ1) is 18.0. The average Bonchev–Trinajstić information content (AvgIpc) is 2.88. The molecule has 204 valence electrons. The minimum absolute atomic E-state index is 0.0645. The number of carbonyl (C=O) groups excluding carboxylic acids is 3. The van der Waals surface area contributed by atoms with E-state index in [-0.39, 0.29) is 36.1 Å². The molecule has 9 nitrogen and oxygen atoms in total. The maximum atomic E-state index is 13.9. The van der Waals surface area contributed by atoms with Gasteiger partial charge in [0.1, 0.15) is 22.8 Å². The van der Waals surface area contributed by atoms with Crippen molar-refractivity contribution in [2.24, 2.45) is 11.8 Å². The van der Waals surface area contributed by atoms with Gasteiger partial charge in [-0.3, -0.25) is 19.3 Å². The van der Waals surface area contributed by atoms with E-state index in [1.54, 1.807) is 0 Å². The van der Waals surface area contributed by atoms with Crippen molar-refractivity contribution in [3.8, 4) is 5.75 Å². The van der Waals surface area contributed by atoms with Crippen molar-refractivity contribution in [2.75, 3.05) is 32.1 Å². The van der Waals surface area contributed by atoms with Crippen LogP contribution in [-0.4, -0.2) is 75.5 Å². The Labute approximate surface area is 222 Å². The van der Waals surface area contributed by atoms with E-state index in [0.29, 0.717) is 24.1 Å². The lowest BCUT2D eigenvalue weighted by Crippen LogP contribution is -2.58. The summed E-state index contributed by atoms with van der Waals surface area (Å²) in [7, 11) is 3.76. The van der Waals surface area contributed by atoms with Gasteiger partial charge in [-0.1, -0.05) is 13.3 Å². The van der Waals surface area contributed by atoms with E-state index < -0.39 is 51.9 Å². The number of nitrogens with zero attached hydrogens (tertiary/aromatic N) is 2. The molecule has 1 aromatic rings. The molecule has 9 heteroatoms. The number of fused-ring (bicyclic) bond motifs is 3. The molecule has 1 aromatic carbocycles. The van der Waals surface area contributed by atoms with Crippen LogP contribution in [0.2, 0.25) is 0 Å². The third kappa shape index (κ3) is 3.86. The van der Waals surface area contributed by atoms with Gasteiger partial charge in [-0.15, -0.1) is 0 Å². The van der Waals surface area contributed by atoms with Gasteiger partial charge in [-0.05, 0) is 56.3 Å². The maximum Gasteiger partial charge on any atom is 0.202 e. The van der Waals surface area contributed by atoms with E-state index in [1.165, 1.54) is 13.3 Å². The van der Waals surface area contributed by atoms with E-state index in [0.717, 1.165) is 31.6 Å². The zero-order valence-electron chi connectivity index (χ0n) is 22.2. The van der Waals surface area contributed by atoms with Crippen molar-refractivity contribution in [3.63, 3.8) is 0 Å². The molecule has 1 aliphatic heterocycles. The highest BCUT2D eigenvalue weighted by Crippen LogP contribution is 2.53. The van der Waals surface area contributed by atoms with Crippen LogP contribution in [0.15, 0.2) is 23.0 Å². The molecule has 1 saturated heterocycles. The number of hydrogen-bond acceptors (Lipinski definition) is 9. The largest absolute Gasteiger partial charge is 0.508 e. The number of hydrogen-bond donors (Lipinski definition) is 4. The van der Waals surface area contributed by atoms with Crippen molar-refractivity contribution >= 4 is 28.8 Å². The van der Waals surface area contributed by atoms with Crippen LogP contribution in [0, 0.1) is 11.8 Å². The Bertz CT molecular complexity index is 1290. The predicted molar refractivity (Wildman–Crippen MR) is 141 cm³/mol. The molecule has 0 bridgehead atoms. The van der Waals surface area contributed by atoms with Gasteiger partial charge in [0.25, 0.3) is 0 Å². The molecule has 0 aromatic heterocycles. The second-order valence-corrected chi connectivity index (χ2v) is 11.3. The van der Waals surface area contributed by atoms with Gasteiger partial charge < -0.3 is 25.3 Å². The minimum Gasteiger partial charge on any atom is -0.508 e. The quantitative estimate of drug-likeness (QED) is 0.428. The Kier molecular flexibility index (Phi) is 6.64. The molecule has 2 unspecified atom stereocenters. The van der Waals surface area contributed by atoms with Crippen LogP contribution in [-0.2, 0) is 27.3 Å². The molecule has 3 atom stereocenters. The Balaban J connectivity index is 1.65. The predicted octanol–water partition coefficient (Wildman–Crippen LogP) is 2.97. The fourth-order valence-corrected chi connectivity index (χ4v) is 6.81. The molecule has 5 rings (SSSR count). The zero-order valence-corrected chi connectivity index (χ0v) is 22.2. The third-order valence-electron chi connectivity index (χ3n) is 8.80. The summed E-state index contributed by atoms with van der Waals surface area (Å²) in [5.74, 6) is -5.01. The minimum atomic E-state index is -2.48. The van der Waals surface area contributed by atoms with Gasteiger partial charge in [0.05, 0.1) is 5.56 Å². The molecule has 4 N–H and O–H groups in total. The number of rotatable bonds is 5. The normalized spacial score (nSPS) is 27.7. The van der Waals surface area contributed by atoms with Gasteiger partial charge >= 0.3 is 0 Å². The van der Waals surface area contributed by atoms with Crippen LogP contribution in [0.3, 0.4) is 0 Å². The van der Waals surface area contributed by atoms with Crippen LogP contribution in [0.4, 0.5) is 5.69 Å². The van der Waals surface area contributed by atoms with Crippen molar-refractivity contribution in [2.45, 2.75) is 64.0 Å². The number of phenols is 1. The lowest BCUT2D eigenvalue weighted by atomic mass is 9.59. The maximum absolute atomic E-state index is 13.9. The summed E-state index contributed by atoms with van der Waals surface area (Å²) < 4.78 is 0. The molecule has 38 heavy (non-hydrogen) atoms. The van der Waals surface area contributed by atoms with Gasteiger partial charge in [0, 0.05) is 56.2 Å². The number of carbonyl (C=O) groups is 3. The summed E-state index contributed by atoms with van der Waals surface area (Å²) >= 11 is 0. The SMILES string of the molecule is CCC(=O)C1=C(O)[C@@]2(O)C(=O)C3=C(O)c4c(O)c(CN5CCCCC5)cc(N(C)C)c4CC3CC2CC1=O. The summed E-state index contributed by atoms with van der Waals surface area (Å²) in [5, 5.41) is 45.4. The number of piperidine rings is 1. The third-order valence-corrected chi connectivity index (χ3v) is 8.80. The average molecular weight is 525 g/mol. The summed E-state index contributed by atoms with van der Waals surface area (Å²) in [6, 6.07) is 1.93. The van der Waals surface area contributed by atoms with E-state index in [4.69, 9.17) is 0 Å². The number of anilines is 1. The van der Waals surface area contributed by atoms with Gasteiger partial charge in [0.2, 0.25) is 5.78 Å². The lowest BCUT2D eigenvalue weighted by molar-refractivity contribution is -0.147. The van der Waals surface area contributed by atoms with E-state index >= 15 is 0 Å². The van der Waals surface area contributed by atoms with Crippen molar-refractivity contribution < 1.29 is 34.8 Å². The Morgan fingerprint density at radius 2 is 1.79 bits per heavy atom.